The van der Waals surface area contributed by atoms with E-state index in [0.717, 1.165) is 59.2 Å². The minimum Gasteiger partial charge on any atom is -0.870 e. The van der Waals surface area contributed by atoms with Crippen LogP contribution in [0, 0.1) is 96.8 Å². The van der Waals surface area contributed by atoms with Crippen LogP contribution in [0.3, 0.4) is 0 Å². The Labute approximate surface area is 808 Å². The number of halogens is 12. The molecule has 0 aliphatic heterocycles. The molecule has 0 fully saturated rings. The van der Waals surface area contributed by atoms with E-state index in [9.17, 15) is 81.9 Å². The third kappa shape index (κ3) is 37.8. The molecule has 2 aliphatic carbocycles. The maximum absolute atomic E-state index is 14.3. The summed E-state index contributed by atoms with van der Waals surface area (Å²) in [5.74, 6) is -7.17. The van der Waals surface area contributed by atoms with Gasteiger partial charge in [-0.05, 0) is 159 Å². The Balaban J connectivity index is 0.000000545. The van der Waals surface area contributed by atoms with Crippen LogP contribution in [0.2, 0.25) is 0 Å². The van der Waals surface area contributed by atoms with Gasteiger partial charge in [-0.25, -0.2) is 88.8 Å². The predicted molar refractivity (Wildman–Crippen MR) is 441 cm³/mol. The molecule has 13 aromatic rings. The summed E-state index contributed by atoms with van der Waals surface area (Å²) in [7, 11) is 2.57. The number of hydrogen-bond donors (Lipinski definition) is 9. The smallest absolute Gasteiger partial charge is 0.870 e. The fourth-order valence-electron chi connectivity index (χ4n) is 11.2. The number of carbonyl (C=O) groups excluding carboxylic acids is 4. The van der Waals surface area contributed by atoms with Crippen LogP contribution >= 0.6 is 11.6 Å². The van der Waals surface area contributed by atoms with Gasteiger partial charge < -0.3 is 70.7 Å². The monoisotopic (exact) mass is 1950 g/mol. The second-order valence-electron chi connectivity index (χ2n) is 26.1. The van der Waals surface area contributed by atoms with Crippen molar-refractivity contribution in [1.29, 1.82) is 10.5 Å². The number of methoxy groups -OCH3 is 2. The molecule has 13 N–H and O–H groups in total. The molecule has 0 radical (unpaired) electrons. The number of nitriles is 2. The number of esters is 2. The number of aryl methyl sites for hydroxylation is 3. The van der Waals surface area contributed by atoms with Gasteiger partial charge in [0.25, 0.3) is 11.1 Å². The van der Waals surface area contributed by atoms with E-state index in [1.165, 1.54) is 81.1 Å². The number of carboxylic acids is 1. The van der Waals surface area contributed by atoms with E-state index < -0.39 is 104 Å². The molecule has 0 bridgehead atoms. The Bertz CT molecular complexity index is 6180. The summed E-state index contributed by atoms with van der Waals surface area (Å²) in [5, 5.41) is 69.6. The largest absolute Gasteiger partial charge is 1.00 e. The number of oxime groups is 1. The number of anilines is 1. The fourth-order valence-corrected chi connectivity index (χ4v) is 11.3. The van der Waals surface area contributed by atoms with Crippen LogP contribution in [0.1, 0.15) is 137 Å². The molecule has 11 heterocycles. The number of H-pyrrole nitrogens is 3. The van der Waals surface area contributed by atoms with Crippen LogP contribution in [0.15, 0.2) is 168 Å². The zero-order chi connectivity index (χ0) is 97.1. The molecule has 15 rings (SSSR count). The zero-order valence-electron chi connectivity index (χ0n) is 70.6. The van der Waals surface area contributed by atoms with Crippen molar-refractivity contribution in [2.75, 3.05) is 20.0 Å². The van der Waals surface area contributed by atoms with Crippen LogP contribution in [0.25, 0.3) is 34.6 Å². The number of rotatable bonds is 18. The Morgan fingerprint density at radius 2 is 1.01 bits per heavy atom. The van der Waals surface area contributed by atoms with Gasteiger partial charge in [0, 0.05) is 60.6 Å². The van der Waals surface area contributed by atoms with Crippen molar-refractivity contribution < 1.29 is 175 Å². The first kappa shape index (κ1) is 117. The molecular weight excluding hydrogens is 1870 g/mol. The number of aliphatic carboxylic acids is 1. The number of carboxylic acid groups (broad SMARTS) is 1. The third-order valence-corrected chi connectivity index (χ3v) is 17.6. The van der Waals surface area contributed by atoms with E-state index in [0.29, 0.717) is 95.0 Å². The van der Waals surface area contributed by atoms with E-state index in [1.54, 1.807) is 18.2 Å². The average molecular weight is 1950 g/mol. The number of nitrogens with zero attached hydrogens (tertiary/aromatic N) is 17. The topological polar surface area (TPSA) is 666 Å². The van der Waals surface area contributed by atoms with Gasteiger partial charge in [-0.1, -0.05) is 28.1 Å². The molecule has 0 saturated heterocycles. The van der Waals surface area contributed by atoms with Crippen molar-refractivity contribution in [3.63, 3.8) is 0 Å². The summed E-state index contributed by atoms with van der Waals surface area (Å²) in [5.41, 5.74) is 14.0. The van der Waals surface area contributed by atoms with Crippen molar-refractivity contribution in [2.45, 2.75) is 109 Å². The first-order valence-corrected chi connectivity index (χ1v) is 37.8. The zero-order valence-corrected chi connectivity index (χ0v) is 75.4. The van der Waals surface area contributed by atoms with Crippen molar-refractivity contribution in [3.8, 4) is 46.7 Å². The number of ether oxygens (including phenoxy) is 2. The summed E-state index contributed by atoms with van der Waals surface area (Å²) < 4.78 is 170. The van der Waals surface area contributed by atoms with Gasteiger partial charge in [0.15, 0.2) is 29.1 Å². The average Bonchev–Trinajstić information content (AvgIpc) is 1.60. The Kier molecular flexibility index (Phi) is 52.3. The van der Waals surface area contributed by atoms with Crippen LogP contribution in [-0.2, 0) is 73.6 Å². The molecule has 136 heavy (non-hydrogen) atoms. The minimum absolute atomic E-state index is 0. The quantitative estimate of drug-likeness (QED) is 0.00490. The maximum Gasteiger partial charge on any atom is 1.00 e. The Morgan fingerprint density at radius 1 is 0.566 bits per heavy atom. The number of nitrogens with one attached hydrogen (secondary N) is 3. The van der Waals surface area contributed by atoms with Crippen molar-refractivity contribution in [3.05, 3.63) is 297 Å². The summed E-state index contributed by atoms with van der Waals surface area (Å²) in [4.78, 5) is 121. The van der Waals surface area contributed by atoms with Gasteiger partial charge in [-0.15, -0.1) is 5.34 Å². The number of fused-ring (bicyclic) bond motifs is 2. The van der Waals surface area contributed by atoms with Gasteiger partial charge in [0.2, 0.25) is 46.3 Å². The van der Waals surface area contributed by atoms with E-state index >= 15 is 0 Å². The van der Waals surface area contributed by atoms with E-state index in [2.05, 4.69) is 96.1 Å². The normalized spacial score (nSPS) is 11.9. The molecule has 11 aromatic heterocycles. The van der Waals surface area contributed by atoms with Gasteiger partial charge in [0.05, 0.1) is 82.0 Å². The van der Waals surface area contributed by atoms with Crippen LogP contribution in [-0.4, -0.2) is 150 Å². The second kappa shape index (κ2) is 60.5. The van der Waals surface area contributed by atoms with Gasteiger partial charge in [-0.2, -0.15) is 25.5 Å². The first-order chi connectivity index (χ1) is 63.2. The molecule has 41 nitrogen and oxygen atoms in total. The summed E-state index contributed by atoms with van der Waals surface area (Å²) in [6, 6.07) is 23.0. The number of nitrogens with two attached hydrogens (primary N) is 3. The number of aromatic amines is 3. The number of hydrogen-bond acceptors (Lipinski definition) is 35. The molecule has 55 heteroatoms. The van der Waals surface area contributed by atoms with Gasteiger partial charge in [-0.3, -0.25) is 43.8 Å². The van der Waals surface area contributed by atoms with Crippen molar-refractivity contribution in [2.24, 2.45) is 22.1 Å². The third-order valence-electron chi connectivity index (χ3n) is 17.4. The van der Waals surface area contributed by atoms with Gasteiger partial charge in [0.1, 0.15) is 87.0 Å². The molecular formula is C81H75ClF11N23Na2O18. The van der Waals surface area contributed by atoms with E-state index in [1.807, 2.05) is 6.07 Å². The molecule has 2 unspecified atom stereocenters. The number of carbonyl (C=O) groups is 5. The SMILES string of the molecule is C.COC(=O)CCC(=O)Cl.COC(=O)CCc1nc(-c2ccc(F)cn2)no1.N#Cc1ccc(F)cn1.N#Cc1ccc(N)cn1.N/C(=N\O)c1ccc(F)cn1.NO.O=C(CCc1nc(-c2ccc(F)cn2)no1)n1[nH]c(=O)c2c1CC(c1cc(F)cc(F)c1F)CC2.O=C(O)CCc1nc(-c2ccc(F)cn2)no1.O=N[O-].O=c1[nH][nH]c2c1CCC(c1c(F)ccc(F)c1F)C2.[Na+].[Na+].[OH-]. The molecule has 708 valence electrons. The number of nitrogen functional groups attached to an aromatic ring is 1. The summed E-state index contributed by atoms with van der Waals surface area (Å²) >= 11 is 4.93. The van der Waals surface area contributed by atoms with Crippen molar-refractivity contribution >= 4 is 52.2 Å². The predicted octanol–water partition coefficient (Wildman–Crippen LogP) is 5.48. The van der Waals surface area contributed by atoms with Crippen LogP contribution in [0.4, 0.5) is 54.0 Å². The molecule has 2 atom stereocenters. The first-order valence-electron chi connectivity index (χ1n) is 37.4. The van der Waals surface area contributed by atoms with Crippen molar-refractivity contribution in [1.82, 2.24) is 80.3 Å². The summed E-state index contributed by atoms with van der Waals surface area (Å²) in [6.45, 7) is 0. The molecule has 0 amide bonds. The molecule has 2 aliphatic rings. The minimum atomic E-state index is -1.29. The number of pyridine rings is 6. The van der Waals surface area contributed by atoms with Crippen LogP contribution < -0.4 is 87.6 Å². The summed E-state index contributed by atoms with van der Waals surface area (Å²) in [6.07, 6.45) is 8.90. The number of benzene rings is 2. The van der Waals surface area contributed by atoms with Gasteiger partial charge >= 0.3 is 77.0 Å². The number of aromatic nitrogens is 16. The molecule has 0 saturated carbocycles. The Morgan fingerprint density at radius 3 is 1.46 bits per heavy atom. The fraction of sp³-hybridized carbons (Fsp3) is 0.235. The number of amidine groups is 1. The molecule has 2 aromatic carbocycles. The van der Waals surface area contributed by atoms with Crippen LogP contribution in [0.5, 0.6) is 0 Å². The van der Waals surface area contributed by atoms with E-state index in [4.69, 9.17) is 72.8 Å². The molecule has 0 spiro atoms. The standard InChI is InChI=1S/C23H17F4N5O3.C13H11F3N2O.C11H10FN3O3.C10H8FN3O3.C6H6FN3O.C6H3FN2.C6H5N3.C5H7ClO3.CH4.HNO2.H3NO.2Na.H2O/c24-12-2-4-17(28-10-12)22-29-19(35-31-22)5-6-20(33)32-18-7-11(1-3-14(18)23(34)30-32)15-8-13(25)9-16(26)21(15)27;14-8-3-4-9(15)12(16)11(8)6-1-2-7-10(5-6)17-18-13(7)19;1-17-10(16)5-4-9-14-11(15-18-9)8-3-2-7(12)6-13-8;11-6-1-2-7(12-5-6)10-13-8(17-14-10)3-4-9(15)16;7-4-1-2-5(9-3-4)6(8)10-11;7-5-1-2-6(3-8)9-4-5;7-3-6-2-1-5(8)4-9-6;1-9-5(8)3-2-4(6)7;;2-1-3;1-2;;;/h2,4,8-11H,1,3,5-7H2,(H,30,34);3-4,6H,1-2,5H2,(H2,17,18,19);2-3,6H,4-5H2,1H3;1-2,5H,3-4H2,(H,15,16);1-3,11H,(H2,8,10);1-2,4H;1-2,4H,8H2;2-3H2,1H3;1H4;(H,2,3);2H,1H2;;;1H2/q;;;;;;;;;;;2*+1;/p-2. The van der Waals surface area contributed by atoms with E-state index in [-0.39, 0.29) is 199 Å². The second-order valence-corrected chi connectivity index (χ2v) is 26.5. The Hall–Kier alpha value is -14.6. The maximum atomic E-state index is 14.3.